The first kappa shape index (κ1) is 15.9. The van der Waals surface area contributed by atoms with E-state index in [0.717, 1.165) is 18.7 Å². The quantitative estimate of drug-likeness (QED) is 0.792. The van der Waals surface area contributed by atoms with Gasteiger partial charge in [-0.25, -0.2) is 0 Å². The number of amides is 1. The molecule has 0 aromatic carbocycles. The van der Waals surface area contributed by atoms with Gasteiger partial charge in [-0.15, -0.1) is 0 Å². The molecule has 1 amide bonds. The van der Waals surface area contributed by atoms with Crippen LogP contribution >= 0.6 is 23.2 Å². The third-order valence-corrected chi connectivity index (χ3v) is 3.51. The van der Waals surface area contributed by atoms with Gasteiger partial charge >= 0.3 is 0 Å². The fourth-order valence-corrected chi connectivity index (χ4v) is 2.15. The molecule has 0 bridgehead atoms. The standard InChI is InChI=1S/C13H17Cl2N5O/c1-10-12(15)9-20(18-10)5-2-4-16-13(21)3-6-19-8-11(14)7-17-19/h7-9H,2-6H2,1H3,(H,16,21). The summed E-state index contributed by atoms with van der Waals surface area (Å²) in [6.07, 6.45) is 6.22. The molecular formula is C13H17Cl2N5O. The monoisotopic (exact) mass is 329 g/mol. The van der Waals surface area contributed by atoms with Crippen LogP contribution in [0.15, 0.2) is 18.6 Å². The summed E-state index contributed by atoms with van der Waals surface area (Å²) in [4.78, 5) is 11.7. The molecule has 8 heteroatoms. The van der Waals surface area contributed by atoms with Gasteiger partial charge in [-0.3, -0.25) is 14.2 Å². The highest BCUT2D eigenvalue weighted by atomic mass is 35.5. The Kier molecular flexibility index (Phi) is 5.64. The van der Waals surface area contributed by atoms with Crippen LogP contribution in [0.4, 0.5) is 0 Å². The maximum atomic E-state index is 11.7. The third kappa shape index (κ3) is 5.06. The number of nitrogens with one attached hydrogen (secondary N) is 1. The second-order valence-corrected chi connectivity index (χ2v) is 5.54. The summed E-state index contributed by atoms with van der Waals surface area (Å²) in [5.74, 6) is -0.00343. The topological polar surface area (TPSA) is 64.7 Å². The minimum Gasteiger partial charge on any atom is -0.356 e. The lowest BCUT2D eigenvalue weighted by atomic mass is 10.3. The van der Waals surface area contributed by atoms with Crippen LogP contribution < -0.4 is 5.32 Å². The number of carbonyl (C=O) groups is 1. The van der Waals surface area contributed by atoms with E-state index >= 15 is 0 Å². The molecule has 0 atom stereocenters. The average molecular weight is 330 g/mol. The zero-order valence-electron chi connectivity index (χ0n) is 11.7. The van der Waals surface area contributed by atoms with E-state index in [0.29, 0.717) is 29.6 Å². The van der Waals surface area contributed by atoms with E-state index in [-0.39, 0.29) is 5.91 Å². The van der Waals surface area contributed by atoms with Crippen LogP contribution in [0.25, 0.3) is 0 Å². The highest BCUT2D eigenvalue weighted by Crippen LogP contribution is 2.11. The number of hydrogen-bond donors (Lipinski definition) is 1. The first-order chi connectivity index (χ1) is 10.0. The van der Waals surface area contributed by atoms with Gasteiger partial charge in [-0.1, -0.05) is 23.2 Å². The summed E-state index contributed by atoms with van der Waals surface area (Å²) in [5.41, 5.74) is 0.818. The van der Waals surface area contributed by atoms with Crippen molar-refractivity contribution in [2.45, 2.75) is 32.9 Å². The molecule has 0 aliphatic rings. The van der Waals surface area contributed by atoms with E-state index in [9.17, 15) is 4.79 Å². The minimum atomic E-state index is -0.00343. The van der Waals surface area contributed by atoms with Crippen LogP contribution in [0.3, 0.4) is 0 Å². The molecule has 2 aromatic rings. The maximum Gasteiger partial charge on any atom is 0.221 e. The van der Waals surface area contributed by atoms with Crippen molar-refractivity contribution >= 4 is 29.1 Å². The average Bonchev–Trinajstić information content (AvgIpc) is 2.99. The molecular weight excluding hydrogens is 313 g/mol. The SMILES string of the molecule is Cc1nn(CCCNC(=O)CCn2cc(Cl)cn2)cc1Cl. The zero-order valence-corrected chi connectivity index (χ0v) is 13.2. The van der Waals surface area contributed by atoms with Crippen molar-refractivity contribution in [1.82, 2.24) is 24.9 Å². The molecule has 2 heterocycles. The molecule has 21 heavy (non-hydrogen) atoms. The smallest absolute Gasteiger partial charge is 0.221 e. The molecule has 0 saturated carbocycles. The highest BCUT2D eigenvalue weighted by Gasteiger charge is 2.04. The number of aryl methyl sites for hydroxylation is 3. The van der Waals surface area contributed by atoms with E-state index in [2.05, 4.69) is 15.5 Å². The van der Waals surface area contributed by atoms with Gasteiger partial charge < -0.3 is 5.32 Å². The van der Waals surface area contributed by atoms with E-state index in [1.54, 1.807) is 28.0 Å². The van der Waals surface area contributed by atoms with Gasteiger partial charge in [-0.05, 0) is 13.3 Å². The molecule has 0 aliphatic carbocycles. The molecule has 1 N–H and O–H groups in total. The predicted octanol–water partition coefficient (Wildman–Crippen LogP) is 2.29. The first-order valence-electron chi connectivity index (χ1n) is 6.69. The fraction of sp³-hybridized carbons (Fsp3) is 0.462. The Morgan fingerprint density at radius 2 is 2.10 bits per heavy atom. The molecule has 0 radical (unpaired) electrons. The van der Waals surface area contributed by atoms with Crippen LogP contribution in [0.2, 0.25) is 10.0 Å². The summed E-state index contributed by atoms with van der Waals surface area (Å²) in [7, 11) is 0. The Labute approximate surface area is 133 Å². The van der Waals surface area contributed by atoms with Crippen molar-refractivity contribution in [3.63, 3.8) is 0 Å². The molecule has 114 valence electrons. The molecule has 0 spiro atoms. The summed E-state index contributed by atoms with van der Waals surface area (Å²) in [5, 5.41) is 12.4. The maximum absolute atomic E-state index is 11.7. The summed E-state index contributed by atoms with van der Waals surface area (Å²) >= 11 is 11.7. The van der Waals surface area contributed by atoms with Gasteiger partial charge in [0, 0.05) is 38.4 Å². The number of hydrogen-bond acceptors (Lipinski definition) is 3. The van der Waals surface area contributed by atoms with Gasteiger partial charge in [0.05, 0.1) is 21.9 Å². The third-order valence-electron chi connectivity index (χ3n) is 2.94. The predicted molar refractivity (Wildman–Crippen MR) is 81.5 cm³/mol. The van der Waals surface area contributed by atoms with Crippen LogP contribution in [-0.2, 0) is 17.9 Å². The molecule has 6 nitrogen and oxygen atoms in total. The molecule has 0 aliphatic heterocycles. The van der Waals surface area contributed by atoms with Crippen molar-refractivity contribution in [2.75, 3.05) is 6.54 Å². The number of carbonyl (C=O) groups excluding carboxylic acids is 1. The Balaban J connectivity index is 1.61. The van der Waals surface area contributed by atoms with E-state index in [1.165, 1.54) is 0 Å². The fourth-order valence-electron chi connectivity index (χ4n) is 1.84. The Hall–Kier alpha value is -1.53. The Morgan fingerprint density at radius 3 is 2.71 bits per heavy atom. The van der Waals surface area contributed by atoms with Crippen LogP contribution in [-0.4, -0.2) is 32.0 Å². The minimum absolute atomic E-state index is 0.00343. The lowest BCUT2D eigenvalue weighted by Crippen LogP contribution is -2.26. The highest BCUT2D eigenvalue weighted by molar-refractivity contribution is 6.31. The summed E-state index contributed by atoms with van der Waals surface area (Å²) in [6, 6.07) is 0. The van der Waals surface area contributed by atoms with Crippen molar-refractivity contribution in [1.29, 1.82) is 0 Å². The Bertz CT molecular complexity index is 588. The van der Waals surface area contributed by atoms with Crippen molar-refractivity contribution < 1.29 is 4.79 Å². The second kappa shape index (κ2) is 7.47. The second-order valence-electron chi connectivity index (χ2n) is 4.70. The normalized spacial score (nSPS) is 10.8. The van der Waals surface area contributed by atoms with Crippen molar-refractivity contribution in [3.05, 3.63) is 34.3 Å². The lowest BCUT2D eigenvalue weighted by molar-refractivity contribution is -0.121. The zero-order chi connectivity index (χ0) is 15.2. The summed E-state index contributed by atoms with van der Waals surface area (Å²) in [6.45, 7) is 3.71. The van der Waals surface area contributed by atoms with Crippen molar-refractivity contribution in [2.24, 2.45) is 0 Å². The number of halogens is 2. The van der Waals surface area contributed by atoms with Gasteiger partial charge in [-0.2, -0.15) is 10.2 Å². The first-order valence-corrected chi connectivity index (χ1v) is 7.44. The number of nitrogens with zero attached hydrogens (tertiary/aromatic N) is 4. The largest absolute Gasteiger partial charge is 0.356 e. The van der Waals surface area contributed by atoms with Gasteiger partial charge in [0.1, 0.15) is 0 Å². The lowest BCUT2D eigenvalue weighted by Gasteiger charge is -2.05. The molecule has 0 fully saturated rings. The summed E-state index contributed by atoms with van der Waals surface area (Å²) < 4.78 is 3.44. The van der Waals surface area contributed by atoms with E-state index in [1.807, 2.05) is 6.92 Å². The van der Waals surface area contributed by atoms with Crippen LogP contribution in [0.5, 0.6) is 0 Å². The molecule has 0 saturated heterocycles. The van der Waals surface area contributed by atoms with Gasteiger partial charge in [0.2, 0.25) is 5.91 Å². The van der Waals surface area contributed by atoms with E-state index < -0.39 is 0 Å². The Morgan fingerprint density at radius 1 is 1.29 bits per heavy atom. The number of rotatable bonds is 7. The van der Waals surface area contributed by atoms with Gasteiger partial charge in [0.25, 0.3) is 0 Å². The molecule has 2 aromatic heterocycles. The number of aromatic nitrogens is 4. The van der Waals surface area contributed by atoms with Crippen molar-refractivity contribution in [3.8, 4) is 0 Å². The van der Waals surface area contributed by atoms with Crippen LogP contribution in [0, 0.1) is 6.92 Å². The van der Waals surface area contributed by atoms with Crippen LogP contribution in [0.1, 0.15) is 18.5 Å². The molecule has 2 rings (SSSR count). The van der Waals surface area contributed by atoms with Gasteiger partial charge in [0.15, 0.2) is 0 Å². The molecule has 0 unspecified atom stereocenters. The van der Waals surface area contributed by atoms with E-state index in [4.69, 9.17) is 23.2 Å².